The van der Waals surface area contributed by atoms with Crippen LogP contribution < -0.4 is 9.30 Å². The molecule has 2 heterocycles. The number of hydrogen-bond acceptors (Lipinski definition) is 1. The Labute approximate surface area is 219 Å². The van der Waals surface area contributed by atoms with Crippen molar-refractivity contribution in [2.75, 3.05) is 0 Å². The molecule has 1 aliphatic carbocycles. The first-order valence-electron chi connectivity index (χ1n) is 14.0. The van der Waals surface area contributed by atoms with Gasteiger partial charge in [-0.1, -0.05) is 81.5 Å². The average Bonchev–Trinajstić information content (AvgIpc) is 3.39. The molecule has 2 nitrogen and oxygen atoms in total. The van der Waals surface area contributed by atoms with Crippen LogP contribution in [-0.4, -0.2) is 0 Å². The Balaban J connectivity index is 1.58. The van der Waals surface area contributed by atoms with Crippen LogP contribution in [0.2, 0.25) is 0 Å². The van der Waals surface area contributed by atoms with E-state index in [0.29, 0.717) is 5.92 Å². The van der Waals surface area contributed by atoms with Gasteiger partial charge in [-0.05, 0) is 70.8 Å². The van der Waals surface area contributed by atoms with Gasteiger partial charge in [-0.25, -0.2) is 4.57 Å². The third-order valence-corrected chi connectivity index (χ3v) is 9.06. The molecule has 4 aromatic carbocycles. The van der Waals surface area contributed by atoms with Gasteiger partial charge in [0, 0.05) is 17.0 Å². The lowest BCUT2D eigenvalue weighted by Gasteiger charge is -2.27. The highest BCUT2D eigenvalue weighted by Gasteiger charge is 2.34. The Hall–Kier alpha value is -3.39. The van der Waals surface area contributed by atoms with Crippen molar-refractivity contribution in [2.45, 2.75) is 65.7 Å². The van der Waals surface area contributed by atoms with Crippen LogP contribution in [0.3, 0.4) is 0 Å². The van der Waals surface area contributed by atoms with Crippen molar-refractivity contribution in [1.82, 2.24) is 0 Å². The first-order valence-corrected chi connectivity index (χ1v) is 14.0. The van der Waals surface area contributed by atoms with Crippen LogP contribution in [0.1, 0.15) is 67.7 Å². The van der Waals surface area contributed by atoms with Crippen LogP contribution in [0.5, 0.6) is 11.5 Å². The number of benzene rings is 4. The summed E-state index contributed by atoms with van der Waals surface area (Å²) in [6.07, 6.45) is 8.91. The maximum atomic E-state index is 7.04. The molecule has 0 saturated heterocycles. The first kappa shape index (κ1) is 22.8. The van der Waals surface area contributed by atoms with E-state index in [2.05, 4.69) is 94.0 Å². The van der Waals surface area contributed by atoms with E-state index in [0.717, 1.165) is 17.4 Å². The second-order valence-corrected chi connectivity index (χ2v) is 11.9. The van der Waals surface area contributed by atoms with E-state index < -0.39 is 0 Å². The van der Waals surface area contributed by atoms with Gasteiger partial charge in [-0.2, -0.15) is 0 Å². The van der Waals surface area contributed by atoms with Crippen molar-refractivity contribution in [3.63, 3.8) is 0 Å². The molecule has 186 valence electrons. The molecule has 2 heteroatoms. The van der Waals surface area contributed by atoms with Gasteiger partial charge in [-0.3, -0.25) is 0 Å². The minimum atomic E-state index is 0.351. The summed E-state index contributed by atoms with van der Waals surface area (Å²) in [6.45, 7) is 9.06. The fourth-order valence-corrected chi connectivity index (χ4v) is 7.27. The van der Waals surface area contributed by atoms with Crippen molar-refractivity contribution >= 4 is 32.3 Å². The number of pyridine rings is 1. The Morgan fingerprint density at radius 1 is 0.892 bits per heavy atom. The molecule has 0 atom stereocenters. The SMILES string of the molecule is Cc1ccc2c(C(C)C)c3c(c(C)c2c1)-c1c2c(cc4c(CC5CCCC5)cccc4c2cc[n+]1C)O3. The summed E-state index contributed by atoms with van der Waals surface area (Å²) in [5.74, 6) is 3.22. The normalized spacial score (nSPS) is 15.2. The summed E-state index contributed by atoms with van der Waals surface area (Å²) in [5, 5.41) is 7.91. The van der Waals surface area contributed by atoms with Gasteiger partial charge in [0.1, 0.15) is 18.5 Å². The molecule has 1 aliphatic heterocycles. The van der Waals surface area contributed by atoms with Crippen molar-refractivity contribution < 1.29 is 9.30 Å². The molecule has 0 radical (unpaired) electrons. The minimum Gasteiger partial charge on any atom is -0.455 e. The molecule has 5 aromatic rings. The van der Waals surface area contributed by atoms with E-state index >= 15 is 0 Å². The summed E-state index contributed by atoms with van der Waals surface area (Å²) in [4.78, 5) is 0. The molecule has 0 spiro atoms. The molecule has 0 bridgehead atoms. The molecular weight excluding hydrogens is 450 g/mol. The van der Waals surface area contributed by atoms with Crippen molar-refractivity contribution in [2.24, 2.45) is 13.0 Å². The topological polar surface area (TPSA) is 13.1 Å². The lowest BCUT2D eigenvalue weighted by atomic mass is 9.84. The maximum absolute atomic E-state index is 7.04. The molecular formula is C35H36NO+. The molecule has 1 aromatic heterocycles. The highest BCUT2D eigenvalue weighted by atomic mass is 16.5. The zero-order chi connectivity index (χ0) is 25.4. The molecule has 7 rings (SSSR count). The van der Waals surface area contributed by atoms with E-state index in [1.807, 2.05) is 0 Å². The average molecular weight is 487 g/mol. The van der Waals surface area contributed by atoms with Gasteiger partial charge in [0.25, 0.3) is 0 Å². The van der Waals surface area contributed by atoms with Crippen LogP contribution in [0, 0.1) is 19.8 Å². The Bertz CT molecular complexity index is 1740. The second-order valence-electron chi connectivity index (χ2n) is 11.9. The summed E-state index contributed by atoms with van der Waals surface area (Å²) >= 11 is 0. The number of ether oxygens (including phenoxy) is 1. The minimum absolute atomic E-state index is 0.351. The number of hydrogen-bond donors (Lipinski definition) is 0. The van der Waals surface area contributed by atoms with Crippen LogP contribution in [0.15, 0.2) is 54.7 Å². The maximum Gasteiger partial charge on any atom is 0.228 e. The fourth-order valence-electron chi connectivity index (χ4n) is 7.27. The molecule has 1 saturated carbocycles. The molecule has 0 unspecified atom stereocenters. The Kier molecular flexibility index (Phi) is 5.12. The zero-order valence-corrected chi connectivity index (χ0v) is 22.7. The lowest BCUT2D eigenvalue weighted by molar-refractivity contribution is -0.659. The highest BCUT2D eigenvalue weighted by Crippen LogP contribution is 2.53. The standard InChI is InChI=1S/C35H36NO/c1-20(2)31-26-14-13-21(3)17-28(26)22(4)32-34-33-27(15-16-36(34)5)25-12-8-11-24(18-23-9-6-7-10-23)29(25)19-30(33)37-35(31)32/h8,11-17,19-20,23H,6-7,9-10,18H2,1-5H3/q+1. The highest BCUT2D eigenvalue weighted by molar-refractivity contribution is 6.16. The summed E-state index contributed by atoms with van der Waals surface area (Å²) < 4.78 is 9.34. The zero-order valence-electron chi connectivity index (χ0n) is 22.7. The monoisotopic (exact) mass is 486 g/mol. The fraction of sp³-hybridized carbons (Fsp3) is 0.343. The van der Waals surface area contributed by atoms with Gasteiger partial charge in [0.05, 0.1) is 10.9 Å². The van der Waals surface area contributed by atoms with E-state index in [9.17, 15) is 0 Å². The van der Waals surface area contributed by atoms with Gasteiger partial charge in [0.15, 0.2) is 6.20 Å². The van der Waals surface area contributed by atoms with Crippen molar-refractivity contribution in [3.05, 3.63) is 77.0 Å². The Morgan fingerprint density at radius 3 is 2.49 bits per heavy atom. The van der Waals surface area contributed by atoms with Crippen LogP contribution in [0.25, 0.3) is 43.6 Å². The third-order valence-electron chi connectivity index (χ3n) is 9.06. The van der Waals surface area contributed by atoms with Crippen LogP contribution in [0.4, 0.5) is 0 Å². The van der Waals surface area contributed by atoms with Crippen molar-refractivity contribution in [3.8, 4) is 22.8 Å². The summed E-state index contributed by atoms with van der Waals surface area (Å²) in [5.41, 5.74) is 7.93. The third kappa shape index (κ3) is 3.34. The Morgan fingerprint density at radius 2 is 1.70 bits per heavy atom. The summed E-state index contributed by atoms with van der Waals surface area (Å²) in [7, 11) is 2.18. The van der Waals surface area contributed by atoms with E-state index in [4.69, 9.17) is 4.74 Å². The lowest BCUT2D eigenvalue weighted by Crippen LogP contribution is -2.32. The van der Waals surface area contributed by atoms with E-state index in [1.165, 1.54) is 97.9 Å². The van der Waals surface area contributed by atoms with Gasteiger partial charge >= 0.3 is 0 Å². The molecule has 0 amide bonds. The number of nitrogens with zero attached hydrogens (tertiary/aromatic N) is 1. The molecule has 37 heavy (non-hydrogen) atoms. The van der Waals surface area contributed by atoms with E-state index in [1.54, 1.807) is 0 Å². The number of rotatable bonds is 3. The largest absolute Gasteiger partial charge is 0.455 e. The summed E-state index contributed by atoms with van der Waals surface area (Å²) in [6, 6.07) is 18.4. The quantitative estimate of drug-likeness (QED) is 0.179. The van der Waals surface area contributed by atoms with Crippen LogP contribution >= 0.6 is 0 Å². The van der Waals surface area contributed by atoms with Crippen molar-refractivity contribution in [1.29, 1.82) is 0 Å². The number of fused-ring (bicyclic) bond motifs is 5. The number of aromatic nitrogens is 1. The van der Waals surface area contributed by atoms with E-state index in [-0.39, 0.29) is 0 Å². The molecule has 2 aliphatic rings. The smallest absolute Gasteiger partial charge is 0.228 e. The predicted octanol–water partition coefficient (Wildman–Crippen LogP) is 9.22. The van der Waals surface area contributed by atoms with Gasteiger partial charge in [-0.15, -0.1) is 0 Å². The predicted molar refractivity (Wildman–Crippen MR) is 155 cm³/mol. The van der Waals surface area contributed by atoms with Crippen LogP contribution in [-0.2, 0) is 13.5 Å². The molecule has 0 N–H and O–H groups in total. The second kappa shape index (κ2) is 8.31. The van der Waals surface area contributed by atoms with Gasteiger partial charge < -0.3 is 4.74 Å². The van der Waals surface area contributed by atoms with Gasteiger partial charge in [0.2, 0.25) is 5.69 Å². The molecule has 1 fully saturated rings. The number of aryl methyl sites for hydroxylation is 3. The first-order chi connectivity index (χ1) is 17.9.